The number of fused-ring (bicyclic) bond motifs is 3. The van der Waals surface area contributed by atoms with Crippen LogP contribution in [-0.4, -0.2) is 23.7 Å². The first-order chi connectivity index (χ1) is 13.1. The number of aromatic carboxylic acids is 1. The summed E-state index contributed by atoms with van der Waals surface area (Å²) < 4.78 is 5.12. The average Bonchev–Trinajstić information content (AvgIpc) is 3.17. The Morgan fingerprint density at radius 1 is 1.19 bits per heavy atom. The number of carboxylic acid groups (broad SMARTS) is 1. The summed E-state index contributed by atoms with van der Waals surface area (Å²) in [5.74, 6) is -0.895. The molecule has 2 aliphatic rings. The molecule has 27 heavy (non-hydrogen) atoms. The van der Waals surface area contributed by atoms with Gasteiger partial charge in [0.25, 0.3) is 0 Å². The highest BCUT2D eigenvalue weighted by Gasteiger charge is 2.39. The Morgan fingerprint density at radius 3 is 2.78 bits per heavy atom. The summed E-state index contributed by atoms with van der Waals surface area (Å²) in [6.07, 6.45) is 5.16. The van der Waals surface area contributed by atoms with Gasteiger partial charge in [-0.1, -0.05) is 30.4 Å². The molecule has 138 valence electrons. The first-order valence-corrected chi connectivity index (χ1v) is 9.16. The van der Waals surface area contributed by atoms with Crippen molar-refractivity contribution >= 4 is 17.6 Å². The Balaban J connectivity index is 1.75. The molecule has 0 spiro atoms. The summed E-state index contributed by atoms with van der Waals surface area (Å²) in [5.41, 5.74) is 3.65. The number of nitrogens with one attached hydrogen (secondary N) is 1. The fraction of sp³-hybridized carbons (Fsp3) is 0.273. The predicted molar refractivity (Wildman–Crippen MR) is 102 cm³/mol. The van der Waals surface area contributed by atoms with Gasteiger partial charge in [-0.05, 0) is 54.7 Å². The number of carbonyl (C=O) groups is 2. The van der Waals surface area contributed by atoms with E-state index in [1.165, 1.54) is 0 Å². The highest BCUT2D eigenvalue weighted by molar-refractivity contribution is 5.91. The molecule has 1 aliphatic carbocycles. The minimum Gasteiger partial charge on any atom is -0.478 e. The van der Waals surface area contributed by atoms with E-state index in [0.29, 0.717) is 17.7 Å². The molecule has 1 heterocycles. The fourth-order valence-electron chi connectivity index (χ4n) is 4.21. The number of benzene rings is 2. The monoisotopic (exact) mass is 363 g/mol. The lowest BCUT2D eigenvalue weighted by Gasteiger charge is -2.38. The molecule has 0 saturated carbocycles. The lowest BCUT2D eigenvalue weighted by molar-refractivity contribution is 0.0525. The highest BCUT2D eigenvalue weighted by atomic mass is 16.5. The van der Waals surface area contributed by atoms with Gasteiger partial charge < -0.3 is 15.2 Å². The third-order valence-electron chi connectivity index (χ3n) is 5.40. The lowest BCUT2D eigenvalue weighted by atomic mass is 9.76. The minimum absolute atomic E-state index is 0.0988. The highest BCUT2D eigenvalue weighted by Crippen LogP contribution is 2.50. The van der Waals surface area contributed by atoms with Crippen LogP contribution >= 0.6 is 0 Å². The van der Waals surface area contributed by atoms with Crippen LogP contribution < -0.4 is 5.32 Å². The van der Waals surface area contributed by atoms with Crippen LogP contribution in [-0.2, 0) is 4.74 Å². The number of carboxylic acids is 1. The Kier molecular flexibility index (Phi) is 4.44. The first kappa shape index (κ1) is 17.3. The third-order valence-corrected chi connectivity index (χ3v) is 5.40. The predicted octanol–water partition coefficient (Wildman–Crippen LogP) is 4.39. The Labute approximate surface area is 157 Å². The zero-order chi connectivity index (χ0) is 19.0. The molecular formula is C22H21NO4. The van der Waals surface area contributed by atoms with E-state index >= 15 is 0 Å². The second-order valence-electron chi connectivity index (χ2n) is 6.89. The molecule has 5 heteroatoms. The van der Waals surface area contributed by atoms with Gasteiger partial charge >= 0.3 is 11.9 Å². The molecule has 1 aliphatic heterocycles. The molecule has 0 unspecified atom stereocenters. The Morgan fingerprint density at radius 2 is 2.00 bits per heavy atom. The first-order valence-electron chi connectivity index (χ1n) is 9.16. The van der Waals surface area contributed by atoms with E-state index in [4.69, 9.17) is 4.74 Å². The van der Waals surface area contributed by atoms with Crippen LogP contribution in [0.1, 0.15) is 57.1 Å². The van der Waals surface area contributed by atoms with Crippen LogP contribution in [0.15, 0.2) is 54.6 Å². The molecule has 3 atom stereocenters. The van der Waals surface area contributed by atoms with Gasteiger partial charge in [0.15, 0.2) is 0 Å². The summed E-state index contributed by atoms with van der Waals surface area (Å²) in [4.78, 5) is 23.8. The zero-order valence-electron chi connectivity index (χ0n) is 15.0. The number of carbonyl (C=O) groups excluding carboxylic acids is 1. The number of allylic oxidation sites excluding steroid dienone is 2. The van der Waals surface area contributed by atoms with Gasteiger partial charge in [-0.2, -0.15) is 0 Å². The van der Waals surface area contributed by atoms with E-state index in [0.717, 1.165) is 23.2 Å². The van der Waals surface area contributed by atoms with Crippen molar-refractivity contribution in [2.24, 2.45) is 5.92 Å². The maximum Gasteiger partial charge on any atom is 0.338 e. The van der Waals surface area contributed by atoms with Crippen molar-refractivity contribution in [3.05, 3.63) is 76.9 Å². The molecule has 4 rings (SSSR count). The van der Waals surface area contributed by atoms with Gasteiger partial charge in [0.2, 0.25) is 0 Å². The van der Waals surface area contributed by atoms with Crippen LogP contribution in [0, 0.1) is 5.92 Å². The van der Waals surface area contributed by atoms with Crippen LogP contribution in [0.4, 0.5) is 5.69 Å². The summed E-state index contributed by atoms with van der Waals surface area (Å²) >= 11 is 0. The van der Waals surface area contributed by atoms with E-state index in [9.17, 15) is 14.7 Å². The van der Waals surface area contributed by atoms with Crippen molar-refractivity contribution < 1.29 is 19.4 Å². The van der Waals surface area contributed by atoms with E-state index in [1.54, 1.807) is 25.1 Å². The van der Waals surface area contributed by atoms with Crippen molar-refractivity contribution in [3.63, 3.8) is 0 Å². The molecule has 0 aromatic heterocycles. The lowest BCUT2D eigenvalue weighted by Crippen LogP contribution is -2.30. The Hall–Kier alpha value is -3.08. The van der Waals surface area contributed by atoms with Crippen molar-refractivity contribution in [2.45, 2.75) is 25.3 Å². The fourth-order valence-corrected chi connectivity index (χ4v) is 4.21. The van der Waals surface area contributed by atoms with Crippen LogP contribution in [0.5, 0.6) is 0 Å². The SMILES string of the molecule is CCOC(=O)c1ccc2c(c1)[C@@H]1C=CC[C@@H]1[C@@H](c1ccccc1C(=O)O)N2. The number of hydrogen-bond donors (Lipinski definition) is 2. The molecule has 2 N–H and O–H groups in total. The second-order valence-corrected chi connectivity index (χ2v) is 6.89. The smallest absolute Gasteiger partial charge is 0.338 e. The van der Waals surface area contributed by atoms with Crippen molar-refractivity contribution in [2.75, 3.05) is 11.9 Å². The number of ether oxygens (including phenoxy) is 1. The van der Waals surface area contributed by atoms with Gasteiger partial charge in [-0.15, -0.1) is 0 Å². The number of hydrogen-bond acceptors (Lipinski definition) is 4. The van der Waals surface area contributed by atoms with Crippen LogP contribution in [0.3, 0.4) is 0 Å². The standard InChI is InChI=1S/C22H21NO4/c1-2-27-22(26)13-10-11-19-18(12-13)14-8-5-9-15(14)20(23-19)16-6-3-4-7-17(16)21(24)25/h3-8,10-12,14-15,20,23H,2,9H2,1H3,(H,24,25)/t14-,15+,20+/m1/s1. The normalized spacial score (nSPS) is 22.5. The third kappa shape index (κ3) is 2.99. The molecule has 0 saturated heterocycles. The van der Waals surface area contributed by atoms with Gasteiger partial charge in [-0.3, -0.25) is 0 Å². The van der Waals surface area contributed by atoms with E-state index < -0.39 is 5.97 Å². The molecule has 0 amide bonds. The van der Waals surface area contributed by atoms with E-state index in [1.807, 2.05) is 24.3 Å². The summed E-state index contributed by atoms with van der Waals surface area (Å²) in [5, 5.41) is 13.1. The second kappa shape index (κ2) is 6.91. The van der Waals surface area contributed by atoms with E-state index in [2.05, 4.69) is 17.5 Å². The number of anilines is 1. The number of rotatable bonds is 4. The summed E-state index contributed by atoms with van der Waals surface area (Å²) in [6.45, 7) is 2.13. The van der Waals surface area contributed by atoms with Crippen molar-refractivity contribution in [1.82, 2.24) is 0 Å². The van der Waals surface area contributed by atoms with Gasteiger partial charge in [0, 0.05) is 11.6 Å². The molecule has 2 aromatic carbocycles. The minimum atomic E-state index is -0.918. The zero-order valence-corrected chi connectivity index (χ0v) is 15.0. The van der Waals surface area contributed by atoms with Crippen LogP contribution in [0.2, 0.25) is 0 Å². The topological polar surface area (TPSA) is 75.6 Å². The molecule has 0 bridgehead atoms. The molecule has 0 fully saturated rings. The largest absolute Gasteiger partial charge is 0.478 e. The summed E-state index contributed by atoms with van der Waals surface area (Å²) in [7, 11) is 0. The maximum atomic E-state index is 12.1. The average molecular weight is 363 g/mol. The molecule has 2 aromatic rings. The van der Waals surface area contributed by atoms with Gasteiger partial charge in [0.1, 0.15) is 0 Å². The molecular weight excluding hydrogens is 342 g/mol. The number of esters is 1. The van der Waals surface area contributed by atoms with Crippen LogP contribution in [0.25, 0.3) is 0 Å². The van der Waals surface area contributed by atoms with Gasteiger partial charge in [-0.25, -0.2) is 9.59 Å². The van der Waals surface area contributed by atoms with Gasteiger partial charge in [0.05, 0.1) is 23.8 Å². The van der Waals surface area contributed by atoms with Crippen molar-refractivity contribution in [1.29, 1.82) is 0 Å². The van der Waals surface area contributed by atoms with Crippen molar-refractivity contribution in [3.8, 4) is 0 Å². The molecule has 5 nitrogen and oxygen atoms in total. The Bertz CT molecular complexity index is 934. The molecule has 0 radical (unpaired) electrons. The maximum absolute atomic E-state index is 12.1. The van der Waals surface area contributed by atoms with E-state index in [-0.39, 0.29) is 23.8 Å². The summed E-state index contributed by atoms with van der Waals surface area (Å²) in [6, 6.07) is 12.6. The quantitative estimate of drug-likeness (QED) is 0.622.